The molecule has 0 bridgehead atoms. The van der Waals surface area contributed by atoms with Crippen LogP contribution in [0.5, 0.6) is 0 Å². The van der Waals surface area contributed by atoms with Crippen molar-refractivity contribution < 1.29 is 74.5 Å². The van der Waals surface area contributed by atoms with E-state index in [2.05, 4.69) is 56.4 Å². The molecule has 0 aromatic carbocycles. The van der Waals surface area contributed by atoms with Crippen molar-refractivity contribution in [1.82, 2.24) is 0 Å². The van der Waals surface area contributed by atoms with Gasteiger partial charge in [-0.1, -0.05) is 0 Å². The first kappa shape index (κ1) is 13.1. The first-order valence-electron chi connectivity index (χ1n) is 0.535. The normalized spacial score (nSPS) is 12.7. The van der Waals surface area contributed by atoms with Gasteiger partial charge in [-0.3, -0.25) is 0 Å². The van der Waals surface area contributed by atoms with Crippen LogP contribution in [-0.4, -0.2) is 0 Å². The average molecular weight is 508 g/mol. The predicted molar refractivity (Wildman–Crippen MR) is 35.7 cm³/mol. The van der Waals surface area contributed by atoms with Crippen molar-refractivity contribution in [2.45, 2.75) is 0 Å². The fourth-order valence-corrected chi connectivity index (χ4v) is 0. The van der Waals surface area contributed by atoms with E-state index in [0.717, 1.165) is 0 Å². The van der Waals surface area contributed by atoms with Crippen LogP contribution in [0.25, 0.3) is 0 Å². The molecule has 0 aromatic heterocycles. The maximum absolute atomic E-state index is 3.25. The Hall–Kier alpha value is 4.49. The molecule has 0 spiro atoms. The Kier molecular flexibility index (Phi) is 13.6. The van der Waals surface area contributed by atoms with Crippen LogP contribution in [0.4, 0.5) is 0 Å². The number of rotatable bonds is 0. The van der Waals surface area contributed by atoms with E-state index in [-0.39, 0.29) is 68.9 Å². The Balaban J connectivity index is 0. The molecule has 0 N–H and O–H groups in total. The summed E-state index contributed by atoms with van der Waals surface area (Å²) in [6, 6.07) is 0. The van der Waals surface area contributed by atoms with Gasteiger partial charge in [-0.25, -0.2) is 0 Å². The van der Waals surface area contributed by atoms with Crippen LogP contribution >= 0.6 is 56.4 Å². The van der Waals surface area contributed by atoms with Gasteiger partial charge in [0.1, 0.15) is 0 Å². The molecule has 0 saturated heterocycles. The van der Waals surface area contributed by atoms with Gasteiger partial charge < -0.3 is 0 Å². The number of halogens is 4. The van der Waals surface area contributed by atoms with Crippen molar-refractivity contribution in [3.8, 4) is 0 Å². The topological polar surface area (TPSA) is 0 Å². The van der Waals surface area contributed by atoms with Gasteiger partial charge in [0, 0.05) is 0 Å². The van der Waals surface area contributed by atoms with Crippen molar-refractivity contribution >= 4 is 56.4 Å². The van der Waals surface area contributed by atoms with Crippen LogP contribution in [0, 0.1) is 0 Å². The minimum atomic E-state index is -1.25. The first-order valence-corrected chi connectivity index (χ1v) is 11.5. The number of hydrogen-bond acceptors (Lipinski definition) is 0. The SMILES string of the molecule is [Br][Fe-]([Br])([Br])[Br].[Cs+]. The molecular formula is Br4CsFe. The van der Waals surface area contributed by atoms with Crippen molar-refractivity contribution in [1.29, 1.82) is 0 Å². The molecule has 0 amide bonds. The molecule has 0 aromatic rings. The molecule has 0 atom stereocenters. The van der Waals surface area contributed by atoms with E-state index < -0.39 is 5.61 Å². The van der Waals surface area contributed by atoms with E-state index in [1.807, 2.05) is 0 Å². The quantitative estimate of drug-likeness (QED) is 0.416. The molecule has 0 aliphatic carbocycles. The third-order valence-electron chi connectivity index (χ3n) is 0. The molecular weight excluding hydrogens is 508 g/mol. The van der Waals surface area contributed by atoms with E-state index in [1.165, 1.54) is 0 Å². The zero-order valence-electron chi connectivity index (χ0n) is 2.87. The van der Waals surface area contributed by atoms with Gasteiger partial charge in [0.2, 0.25) is 0 Å². The molecule has 37 valence electrons. The molecule has 0 fully saturated rings. The smallest absolute Gasteiger partial charge is 1.00 e. The Bertz CT molecular complexity index is 23.0. The van der Waals surface area contributed by atoms with Gasteiger partial charge in [-0.2, -0.15) is 0 Å². The van der Waals surface area contributed by atoms with Crippen molar-refractivity contribution in [2.24, 2.45) is 0 Å². The van der Waals surface area contributed by atoms with E-state index in [4.69, 9.17) is 0 Å². The molecule has 0 radical (unpaired) electrons. The minimum Gasteiger partial charge on any atom is 1.00 e. The van der Waals surface area contributed by atoms with Gasteiger partial charge in [0.15, 0.2) is 0 Å². The molecule has 0 heterocycles. The third kappa shape index (κ3) is 23.6. The van der Waals surface area contributed by atoms with Crippen molar-refractivity contribution in [3.63, 3.8) is 0 Å². The maximum Gasteiger partial charge on any atom is 1.00 e. The van der Waals surface area contributed by atoms with E-state index in [9.17, 15) is 0 Å². The fourth-order valence-electron chi connectivity index (χ4n) is 0. The summed E-state index contributed by atoms with van der Waals surface area (Å²) in [5.74, 6) is 0. The van der Waals surface area contributed by atoms with Crippen LogP contribution < -0.4 is 68.9 Å². The second-order valence-electron chi connectivity index (χ2n) is 0.303. The number of hydrogen-bond donors (Lipinski definition) is 0. The van der Waals surface area contributed by atoms with Crippen LogP contribution in [0.1, 0.15) is 0 Å². The van der Waals surface area contributed by atoms with Crippen LogP contribution in [0.2, 0.25) is 0 Å². The second-order valence-corrected chi connectivity index (χ2v) is 33.7. The van der Waals surface area contributed by atoms with Crippen LogP contribution in [0.15, 0.2) is 0 Å². The molecule has 0 aliphatic rings. The van der Waals surface area contributed by atoms with Crippen molar-refractivity contribution in [2.75, 3.05) is 0 Å². The Morgan fingerprint density at radius 2 is 0.833 bits per heavy atom. The summed E-state index contributed by atoms with van der Waals surface area (Å²) >= 11 is 13.0. The summed E-state index contributed by atoms with van der Waals surface area (Å²) in [7, 11) is 0. The molecule has 0 unspecified atom stereocenters. The molecule has 0 aliphatic heterocycles. The summed E-state index contributed by atoms with van der Waals surface area (Å²) in [6.45, 7) is 0. The summed E-state index contributed by atoms with van der Waals surface area (Å²) in [6.07, 6.45) is 0. The first-order chi connectivity index (χ1) is 2.00. The summed E-state index contributed by atoms with van der Waals surface area (Å²) in [5, 5.41) is 0. The largest absolute Gasteiger partial charge is 1.00 e. The Labute approximate surface area is 126 Å². The Morgan fingerprint density at radius 3 is 0.833 bits per heavy atom. The van der Waals surface area contributed by atoms with E-state index in [1.54, 1.807) is 0 Å². The molecule has 6 heteroatoms. The second kappa shape index (κ2) is 6.22. The zero-order chi connectivity index (χ0) is 4.50. The van der Waals surface area contributed by atoms with Crippen LogP contribution in [-0.2, 0) is 5.61 Å². The van der Waals surface area contributed by atoms with E-state index >= 15 is 0 Å². The predicted octanol–water partition coefficient (Wildman–Crippen LogP) is 0.384. The Morgan fingerprint density at radius 1 is 0.833 bits per heavy atom. The van der Waals surface area contributed by atoms with Gasteiger partial charge in [0.05, 0.1) is 0 Å². The van der Waals surface area contributed by atoms with Gasteiger partial charge in [-0.15, -0.1) is 0 Å². The molecule has 0 nitrogen and oxygen atoms in total. The fraction of sp³-hybridized carbons (Fsp3) is 0. The zero-order valence-corrected chi connectivity index (χ0v) is 16.6. The van der Waals surface area contributed by atoms with Gasteiger partial charge in [-0.05, 0) is 0 Å². The average Bonchev–Trinajstić information content (AvgIpc) is 0.722. The third-order valence-corrected chi connectivity index (χ3v) is 0. The standard InChI is InChI=1S/4BrH.Cs.Fe/h4*1H;;/q;;;;+1;+3/p-4. The van der Waals surface area contributed by atoms with Gasteiger partial charge in [0.25, 0.3) is 0 Å². The summed E-state index contributed by atoms with van der Waals surface area (Å²) in [5.41, 5.74) is -1.25. The minimum absolute atomic E-state index is 0. The molecule has 6 heavy (non-hydrogen) atoms. The molecule has 0 saturated carbocycles. The maximum atomic E-state index is 3.25. The summed E-state index contributed by atoms with van der Waals surface area (Å²) in [4.78, 5) is 0. The van der Waals surface area contributed by atoms with Gasteiger partial charge >= 0.3 is 131 Å². The monoisotopic (exact) mass is 505 g/mol. The van der Waals surface area contributed by atoms with Crippen molar-refractivity contribution in [3.05, 3.63) is 0 Å². The summed E-state index contributed by atoms with van der Waals surface area (Å²) < 4.78 is 0. The molecule has 0 rings (SSSR count). The van der Waals surface area contributed by atoms with Crippen LogP contribution in [0.3, 0.4) is 0 Å². The van der Waals surface area contributed by atoms with E-state index in [0.29, 0.717) is 0 Å².